The molecule has 0 aliphatic heterocycles. The van der Waals surface area contributed by atoms with Crippen molar-refractivity contribution < 1.29 is 4.79 Å². The van der Waals surface area contributed by atoms with E-state index in [0.29, 0.717) is 17.9 Å². The average molecular weight is 415 g/mol. The number of aldehydes is 1. The van der Waals surface area contributed by atoms with Crippen LogP contribution in [-0.2, 0) is 4.79 Å². The fourth-order valence-corrected chi connectivity index (χ4v) is 5.28. The largest absolute Gasteiger partial charge is 0.360 e. The van der Waals surface area contributed by atoms with Gasteiger partial charge >= 0.3 is 0 Å². The summed E-state index contributed by atoms with van der Waals surface area (Å²) in [6.45, 7) is 0. The van der Waals surface area contributed by atoms with E-state index in [9.17, 15) is 4.79 Å². The number of rotatable bonds is 9. The number of nitrogens with zero attached hydrogens (tertiary/aromatic N) is 2. The average Bonchev–Trinajstić information content (AvgIpc) is 2.79. The molecule has 0 bridgehead atoms. The van der Waals surface area contributed by atoms with Gasteiger partial charge in [-0.05, 0) is 50.0 Å². The molecule has 0 unspecified atom stereocenters. The Morgan fingerprint density at radius 2 is 1.87 bits per heavy atom. The summed E-state index contributed by atoms with van der Waals surface area (Å²) in [5.41, 5.74) is -0.659. The van der Waals surface area contributed by atoms with Crippen LogP contribution in [0, 0.1) is 17.2 Å². The Labute approximate surface area is 180 Å². The predicted octanol–water partition coefficient (Wildman–Crippen LogP) is 3.88. The second-order valence-electron chi connectivity index (χ2n) is 9.22. The second kappa shape index (κ2) is 11.3. The minimum Gasteiger partial charge on any atom is -0.360 e. The summed E-state index contributed by atoms with van der Waals surface area (Å²) in [6, 6.07) is 2.15. The maximum atomic E-state index is 12.4. The van der Waals surface area contributed by atoms with Gasteiger partial charge in [-0.3, -0.25) is 5.41 Å². The van der Waals surface area contributed by atoms with E-state index in [0.717, 1.165) is 57.1 Å². The van der Waals surface area contributed by atoms with Crippen molar-refractivity contribution in [3.05, 3.63) is 18.5 Å². The molecule has 0 amide bonds. The number of anilines is 1. The van der Waals surface area contributed by atoms with Gasteiger partial charge in [0, 0.05) is 25.5 Å². The third-order valence-electron chi connectivity index (χ3n) is 6.91. The lowest BCUT2D eigenvalue weighted by Crippen LogP contribution is -2.54. The lowest BCUT2D eigenvalue weighted by molar-refractivity contribution is -0.114. The van der Waals surface area contributed by atoms with Crippen molar-refractivity contribution >= 4 is 18.2 Å². The van der Waals surface area contributed by atoms with Crippen molar-refractivity contribution in [1.29, 1.82) is 5.41 Å². The van der Waals surface area contributed by atoms with Crippen molar-refractivity contribution in [3.63, 3.8) is 0 Å². The first kappa shape index (κ1) is 22.5. The van der Waals surface area contributed by atoms with Crippen LogP contribution in [0.3, 0.4) is 0 Å². The Hall–Kier alpha value is -2.18. The van der Waals surface area contributed by atoms with Crippen LogP contribution in [0.4, 0.5) is 5.95 Å². The Balaban J connectivity index is 1.62. The lowest BCUT2D eigenvalue weighted by Gasteiger charge is -2.38. The van der Waals surface area contributed by atoms with Crippen molar-refractivity contribution in [3.8, 4) is 0 Å². The number of aromatic nitrogens is 2. The number of hydrogen-bond donors (Lipinski definition) is 4. The molecule has 166 valence electrons. The molecule has 1 aromatic rings. The Morgan fingerprint density at radius 1 is 1.13 bits per heavy atom. The maximum Gasteiger partial charge on any atom is 0.222 e. The third kappa shape index (κ3) is 6.67. The van der Waals surface area contributed by atoms with E-state index in [4.69, 9.17) is 5.41 Å². The van der Waals surface area contributed by atoms with Gasteiger partial charge in [0.25, 0.3) is 0 Å². The van der Waals surface area contributed by atoms with Gasteiger partial charge in [-0.1, -0.05) is 44.9 Å². The molecule has 0 spiro atoms. The molecule has 2 saturated carbocycles. The Kier molecular flexibility index (Phi) is 8.46. The lowest BCUT2D eigenvalue weighted by atomic mass is 9.74. The summed E-state index contributed by atoms with van der Waals surface area (Å²) in [6.07, 6.45) is 18.2. The summed E-state index contributed by atoms with van der Waals surface area (Å²) in [4.78, 5) is 21.0. The summed E-state index contributed by atoms with van der Waals surface area (Å²) in [7, 11) is 1.73. The van der Waals surface area contributed by atoms with Crippen molar-refractivity contribution in [2.75, 3.05) is 12.4 Å². The molecule has 2 aliphatic rings. The molecule has 7 heteroatoms. The van der Waals surface area contributed by atoms with E-state index in [2.05, 4.69) is 25.9 Å². The highest BCUT2D eigenvalue weighted by Gasteiger charge is 2.36. The molecule has 0 saturated heterocycles. The Morgan fingerprint density at radius 3 is 2.57 bits per heavy atom. The van der Waals surface area contributed by atoms with Gasteiger partial charge in [-0.15, -0.1) is 0 Å². The summed E-state index contributed by atoms with van der Waals surface area (Å²) in [5, 5.41) is 17.7. The Bertz CT molecular complexity index is 663. The van der Waals surface area contributed by atoms with Gasteiger partial charge in [-0.25, -0.2) is 9.97 Å². The standard InChI is InChI=1S/C23H38N6O/c1-25-21(24)29-23(17-30,12-11-18-7-3-2-4-8-18)16-19-9-5-10-20(15-19)28-22-26-13-6-14-27-22/h6,13-14,17-20H,2-5,7-12,15-16H2,1H3,(H3,24,25,29)(H,26,27,28)/t19-,20+,23+/m0/s1. The van der Waals surface area contributed by atoms with Crippen LogP contribution in [0.1, 0.15) is 77.0 Å². The topological polar surface area (TPSA) is 103 Å². The highest BCUT2D eigenvalue weighted by atomic mass is 16.1. The molecule has 4 N–H and O–H groups in total. The molecule has 0 aromatic carbocycles. The molecule has 2 fully saturated rings. The number of nitrogens with one attached hydrogen (secondary N) is 4. The van der Waals surface area contributed by atoms with Crippen molar-refractivity contribution in [2.45, 2.75) is 88.6 Å². The van der Waals surface area contributed by atoms with E-state index in [-0.39, 0.29) is 5.96 Å². The molecule has 7 nitrogen and oxygen atoms in total. The number of guanidine groups is 1. The first-order chi connectivity index (χ1) is 14.6. The van der Waals surface area contributed by atoms with Gasteiger partial charge in [0.15, 0.2) is 5.96 Å². The van der Waals surface area contributed by atoms with Gasteiger partial charge in [0.2, 0.25) is 5.95 Å². The minimum atomic E-state index is -0.659. The van der Waals surface area contributed by atoms with Gasteiger partial charge in [0.05, 0.1) is 5.54 Å². The fraction of sp³-hybridized carbons (Fsp3) is 0.739. The van der Waals surface area contributed by atoms with E-state index >= 15 is 0 Å². The normalized spacial score (nSPS) is 24.4. The fourth-order valence-electron chi connectivity index (χ4n) is 5.28. The summed E-state index contributed by atoms with van der Waals surface area (Å²) in [5.74, 6) is 2.07. The number of carbonyl (C=O) groups is 1. The zero-order valence-electron chi connectivity index (χ0n) is 18.3. The first-order valence-corrected chi connectivity index (χ1v) is 11.7. The van der Waals surface area contributed by atoms with Crippen LogP contribution < -0.4 is 16.0 Å². The molecule has 2 aliphatic carbocycles. The van der Waals surface area contributed by atoms with E-state index < -0.39 is 5.54 Å². The first-order valence-electron chi connectivity index (χ1n) is 11.7. The van der Waals surface area contributed by atoms with Crippen molar-refractivity contribution in [1.82, 2.24) is 20.6 Å². The van der Waals surface area contributed by atoms with Crippen LogP contribution in [0.5, 0.6) is 0 Å². The predicted molar refractivity (Wildman–Crippen MR) is 121 cm³/mol. The molecular formula is C23H38N6O. The van der Waals surface area contributed by atoms with Crippen molar-refractivity contribution in [2.24, 2.45) is 11.8 Å². The van der Waals surface area contributed by atoms with Crippen LogP contribution in [0.25, 0.3) is 0 Å². The summed E-state index contributed by atoms with van der Waals surface area (Å²) >= 11 is 0. The maximum absolute atomic E-state index is 12.4. The molecule has 1 heterocycles. The van der Waals surface area contributed by atoms with Gasteiger partial charge < -0.3 is 20.7 Å². The number of hydrogen-bond acceptors (Lipinski definition) is 5. The molecular weight excluding hydrogens is 376 g/mol. The highest BCUT2D eigenvalue weighted by molar-refractivity contribution is 5.81. The minimum absolute atomic E-state index is 0.230. The monoisotopic (exact) mass is 414 g/mol. The number of carbonyl (C=O) groups excluding carboxylic acids is 1. The van der Waals surface area contributed by atoms with Crippen LogP contribution in [-0.4, -0.2) is 40.8 Å². The van der Waals surface area contributed by atoms with E-state index in [1.807, 2.05) is 6.07 Å². The highest BCUT2D eigenvalue weighted by Crippen LogP contribution is 2.35. The summed E-state index contributed by atoms with van der Waals surface area (Å²) < 4.78 is 0. The molecule has 0 radical (unpaired) electrons. The van der Waals surface area contributed by atoms with E-state index in [1.54, 1.807) is 19.4 Å². The molecule has 3 atom stereocenters. The second-order valence-corrected chi connectivity index (χ2v) is 9.22. The van der Waals surface area contributed by atoms with E-state index in [1.165, 1.54) is 32.1 Å². The zero-order chi connectivity index (χ0) is 21.2. The molecule has 1 aromatic heterocycles. The SMILES string of the molecule is CNC(=N)N[C@](C=O)(CCC1CCCCC1)C[C@H]1CCC[C@@H](Nc2ncccn2)C1. The third-order valence-corrected chi connectivity index (χ3v) is 6.91. The van der Waals surface area contributed by atoms with Gasteiger partial charge in [-0.2, -0.15) is 0 Å². The van der Waals surface area contributed by atoms with Crippen LogP contribution in [0.15, 0.2) is 18.5 Å². The molecule has 3 rings (SSSR count). The quantitative estimate of drug-likeness (QED) is 0.278. The van der Waals surface area contributed by atoms with Crippen LogP contribution in [0.2, 0.25) is 0 Å². The smallest absolute Gasteiger partial charge is 0.222 e. The zero-order valence-corrected chi connectivity index (χ0v) is 18.3. The van der Waals surface area contributed by atoms with Crippen LogP contribution >= 0.6 is 0 Å². The molecule has 30 heavy (non-hydrogen) atoms. The van der Waals surface area contributed by atoms with Gasteiger partial charge in [0.1, 0.15) is 6.29 Å².